The van der Waals surface area contributed by atoms with Crippen molar-refractivity contribution < 1.29 is 4.74 Å². The quantitative estimate of drug-likeness (QED) is 0.395. The van der Waals surface area contributed by atoms with Gasteiger partial charge in [0.2, 0.25) is 0 Å². The zero-order valence-electron chi connectivity index (χ0n) is 21.2. The minimum atomic E-state index is -0.00417. The molecule has 6 heteroatoms. The van der Waals surface area contributed by atoms with Crippen molar-refractivity contribution in [3.05, 3.63) is 53.6 Å². The van der Waals surface area contributed by atoms with E-state index in [1.807, 2.05) is 13.1 Å². The Balaban J connectivity index is 1.35. The molecule has 5 unspecified atom stereocenters. The van der Waals surface area contributed by atoms with Gasteiger partial charge in [0.1, 0.15) is 0 Å². The zero-order valence-corrected chi connectivity index (χ0v) is 21.2. The summed E-state index contributed by atoms with van der Waals surface area (Å²) in [7, 11) is 2.16. The van der Waals surface area contributed by atoms with Crippen molar-refractivity contribution in [2.45, 2.75) is 57.8 Å². The van der Waals surface area contributed by atoms with Gasteiger partial charge in [0, 0.05) is 43.4 Å². The molecule has 0 fully saturated rings. The molecule has 0 radical (unpaired) electrons. The van der Waals surface area contributed by atoms with Crippen molar-refractivity contribution in [2.75, 3.05) is 39.9 Å². The number of hydrazone groups is 1. The molecule has 2 aliphatic heterocycles. The fourth-order valence-corrected chi connectivity index (χ4v) is 5.23. The van der Waals surface area contributed by atoms with Gasteiger partial charge in [-0.2, -0.15) is 5.10 Å². The number of rotatable bonds is 11. The van der Waals surface area contributed by atoms with E-state index in [1.165, 1.54) is 11.1 Å². The lowest BCUT2D eigenvalue weighted by Crippen LogP contribution is -2.43. The van der Waals surface area contributed by atoms with Crippen LogP contribution in [0, 0.1) is 5.92 Å². The smallest absolute Gasteiger partial charge is 0.157 e. The predicted molar refractivity (Wildman–Crippen MR) is 143 cm³/mol. The normalized spacial score (nSPS) is 26.7. The second-order valence-electron chi connectivity index (χ2n) is 9.75. The molecule has 0 saturated carbocycles. The van der Waals surface area contributed by atoms with Crippen LogP contribution in [0.4, 0.5) is 0 Å². The number of nitrogens with zero attached hydrogens (tertiary/aromatic N) is 4. The van der Waals surface area contributed by atoms with Crippen LogP contribution in [0.15, 0.2) is 52.6 Å². The maximum Gasteiger partial charge on any atom is 0.157 e. The minimum absolute atomic E-state index is 0.00417. The molecule has 0 saturated heterocycles. The average Bonchev–Trinajstić information content (AvgIpc) is 3.28. The molecule has 1 aliphatic carbocycles. The van der Waals surface area contributed by atoms with E-state index < -0.39 is 0 Å². The Kier molecular flexibility index (Phi) is 8.70. The highest BCUT2D eigenvalue weighted by Crippen LogP contribution is 2.32. The number of allylic oxidation sites excluding steroid dienone is 1. The molecule has 6 nitrogen and oxygen atoms in total. The lowest BCUT2D eigenvalue weighted by molar-refractivity contribution is 0.121. The van der Waals surface area contributed by atoms with Gasteiger partial charge in [-0.3, -0.25) is 10.0 Å². The van der Waals surface area contributed by atoms with E-state index in [4.69, 9.17) is 14.8 Å². The molecule has 1 N–H and O–H groups in total. The maximum atomic E-state index is 5.48. The molecule has 1 aromatic carbocycles. The highest BCUT2D eigenvalue weighted by Gasteiger charge is 2.36. The highest BCUT2D eigenvalue weighted by atomic mass is 16.5. The lowest BCUT2D eigenvalue weighted by Gasteiger charge is -2.34. The number of hydrogen-bond donors (Lipinski definition) is 1. The third kappa shape index (κ3) is 6.04. The number of benzene rings is 1. The Morgan fingerprint density at radius 3 is 2.82 bits per heavy atom. The van der Waals surface area contributed by atoms with Crippen molar-refractivity contribution in [2.24, 2.45) is 16.0 Å². The molecule has 3 aliphatic rings. The van der Waals surface area contributed by atoms with Gasteiger partial charge in [-0.1, -0.05) is 50.3 Å². The van der Waals surface area contributed by atoms with Gasteiger partial charge >= 0.3 is 0 Å². The van der Waals surface area contributed by atoms with Crippen LogP contribution in [0.1, 0.15) is 50.7 Å². The van der Waals surface area contributed by atoms with Crippen LogP contribution in [0.5, 0.6) is 0 Å². The Morgan fingerprint density at radius 1 is 1.24 bits per heavy atom. The molecule has 0 bridgehead atoms. The molecule has 0 amide bonds. The van der Waals surface area contributed by atoms with Crippen LogP contribution in [0.2, 0.25) is 0 Å². The molecular formula is C28H41N5O. The van der Waals surface area contributed by atoms with Crippen LogP contribution in [0.25, 0.3) is 5.57 Å². The van der Waals surface area contributed by atoms with E-state index in [0.717, 1.165) is 51.3 Å². The second kappa shape index (κ2) is 11.9. The van der Waals surface area contributed by atoms with E-state index in [2.05, 4.69) is 84.8 Å². The van der Waals surface area contributed by atoms with Crippen molar-refractivity contribution >= 4 is 18.0 Å². The summed E-state index contributed by atoms with van der Waals surface area (Å²) in [4.78, 5) is 7.15. The first-order valence-electron chi connectivity index (χ1n) is 12.9. The monoisotopic (exact) mass is 463 g/mol. The van der Waals surface area contributed by atoms with Crippen LogP contribution >= 0.6 is 0 Å². The fourth-order valence-electron chi connectivity index (χ4n) is 5.23. The molecule has 4 rings (SSSR count). The highest BCUT2D eigenvalue weighted by molar-refractivity contribution is 6.10. The summed E-state index contributed by atoms with van der Waals surface area (Å²) < 4.78 is 5.48. The molecular weight excluding hydrogens is 422 g/mol. The zero-order chi connectivity index (χ0) is 23.9. The van der Waals surface area contributed by atoms with E-state index in [-0.39, 0.29) is 12.2 Å². The van der Waals surface area contributed by atoms with Gasteiger partial charge in [0.05, 0.1) is 18.9 Å². The molecule has 34 heavy (non-hydrogen) atoms. The average molecular weight is 464 g/mol. The van der Waals surface area contributed by atoms with Crippen LogP contribution in [-0.2, 0) is 4.74 Å². The van der Waals surface area contributed by atoms with Gasteiger partial charge < -0.3 is 15.0 Å². The molecule has 2 heterocycles. The number of fused-ring (bicyclic) bond motifs is 1. The van der Waals surface area contributed by atoms with Gasteiger partial charge in [-0.25, -0.2) is 0 Å². The first kappa shape index (κ1) is 24.8. The summed E-state index contributed by atoms with van der Waals surface area (Å²) >= 11 is 0. The van der Waals surface area contributed by atoms with E-state index >= 15 is 0 Å². The Hall–Kier alpha value is -2.28. The minimum Gasteiger partial charge on any atom is -0.380 e. The lowest BCUT2D eigenvalue weighted by atomic mass is 9.86. The number of nitrogens with one attached hydrogen (secondary N) is 1. The van der Waals surface area contributed by atoms with Gasteiger partial charge in [-0.15, -0.1) is 0 Å². The number of ether oxygens (including phenoxy) is 1. The van der Waals surface area contributed by atoms with E-state index in [1.54, 1.807) is 0 Å². The third-order valence-electron chi connectivity index (χ3n) is 7.14. The van der Waals surface area contributed by atoms with Crippen molar-refractivity contribution in [1.82, 2.24) is 15.2 Å². The SMILES string of the molecule is CCNC1CC=CC(C2C=NC3C=C(c4ccc(C(C)CN(C)CCOCC)cc4)C=NN32)C1. The van der Waals surface area contributed by atoms with Crippen molar-refractivity contribution in [1.29, 1.82) is 0 Å². The summed E-state index contributed by atoms with van der Waals surface area (Å²) in [6.07, 6.45) is 13.3. The summed E-state index contributed by atoms with van der Waals surface area (Å²) in [5.41, 5.74) is 3.71. The summed E-state index contributed by atoms with van der Waals surface area (Å²) in [6, 6.07) is 9.75. The largest absolute Gasteiger partial charge is 0.380 e. The van der Waals surface area contributed by atoms with Gasteiger partial charge in [0.25, 0.3) is 0 Å². The first-order chi connectivity index (χ1) is 16.6. The van der Waals surface area contributed by atoms with E-state index in [9.17, 15) is 0 Å². The molecule has 1 aromatic rings. The Labute approximate surface area is 205 Å². The van der Waals surface area contributed by atoms with Gasteiger partial charge in [-0.05, 0) is 56.5 Å². The number of aliphatic imine (C=N–C) groups is 1. The Bertz CT molecular complexity index is 906. The maximum absolute atomic E-state index is 5.48. The van der Waals surface area contributed by atoms with Crippen LogP contribution < -0.4 is 5.32 Å². The molecule has 5 atom stereocenters. The molecule has 0 spiro atoms. The number of likely N-dealkylation sites (N-methyl/N-ethyl adjacent to an activating group) is 1. The van der Waals surface area contributed by atoms with Crippen molar-refractivity contribution in [3.63, 3.8) is 0 Å². The van der Waals surface area contributed by atoms with Gasteiger partial charge in [0.15, 0.2) is 6.17 Å². The molecule has 184 valence electrons. The second-order valence-corrected chi connectivity index (χ2v) is 9.75. The predicted octanol–water partition coefficient (Wildman–Crippen LogP) is 4.17. The summed E-state index contributed by atoms with van der Waals surface area (Å²) in [6.45, 7) is 11.1. The third-order valence-corrected chi connectivity index (χ3v) is 7.14. The van der Waals surface area contributed by atoms with Crippen molar-refractivity contribution in [3.8, 4) is 0 Å². The number of hydrogen-bond acceptors (Lipinski definition) is 6. The van der Waals surface area contributed by atoms with E-state index in [0.29, 0.717) is 17.9 Å². The summed E-state index contributed by atoms with van der Waals surface area (Å²) in [5, 5.41) is 10.6. The van der Waals surface area contributed by atoms with Crippen LogP contribution in [0.3, 0.4) is 0 Å². The first-order valence-corrected chi connectivity index (χ1v) is 12.9. The standard InChI is InChI=1S/C28H41N5O/c1-5-29-26-9-7-8-24(16-26)27-19-30-28-17-25(18-31-33(27)28)23-12-10-22(11-13-23)21(3)20-32(4)14-15-34-6-2/h7-8,10-13,17-19,21,24,26-29H,5-6,9,14-16,20H2,1-4H3. The fraction of sp³-hybridized carbons (Fsp3) is 0.571. The topological polar surface area (TPSA) is 52.5 Å². The summed E-state index contributed by atoms with van der Waals surface area (Å²) in [5.74, 6) is 0.922. The van der Waals surface area contributed by atoms with Crippen LogP contribution in [-0.4, -0.2) is 80.5 Å². The Morgan fingerprint density at radius 2 is 2.06 bits per heavy atom. The molecule has 0 aromatic heterocycles.